The van der Waals surface area contributed by atoms with Gasteiger partial charge in [-0.1, -0.05) is 6.92 Å². The van der Waals surface area contributed by atoms with Gasteiger partial charge in [-0.25, -0.2) is 8.78 Å². The quantitative estimate of drug-likeness (QED) is 0.831. The van der Waals surface area contributed by atoms with E-state index in [0.29, 0.717) is 5.56 Å². The second kappa shape index (κ2) is 4.82. The van der Waals surface area contributed by atoms with Gasteiger partial charge in [0.05, 0.1) is 6.54 Å². The smallest absolute Gasteiger partial charge is 0.264 e. The maximum absolute atomic E-state index is 12.8. The van der Waals surface area contributed by atoms with Crippen LogP contribution >= 0.6 is 0 Å². The molecule has 0 aromatic carbocycles. The van der Waals surface area contributed by atoms with Crippen molar-refractivity contribution < 1.29 is 13.6 Å². The van der Waals surface area contributed by atoms with E-state index in [2.05, 4.69) is 10.3 Å². The molecule has 3 nitrogen and oxygen atoms in total. The van der Waals surface area contributed by atoms with Gasteiger partial charge in [0.25, 0.3) is 11.8 Å². The molecule has 15 heavy (non-hydrogen) atoms. The lowest BCUT2D eigenvalue weighted by molar-refractivity contribution is -0.00101. The van der Waals surface area contributed by atoms with Gasteiger partial charge in [-0.2, -0.15) is 0 Å². The minimum absolute atomic E-state index is 0.288. The first kappa shape index (κ1) is 11.6. The maximum atomic E-state index is 12.8. The summed E-state index contributed by atoms with van der Waals surface area (Å²) in [5.41, 5.74) is 0.330. The van der Waals surface area contributed by atoms with Crippen LogP contribution in [0.15, 0.2) is 24.5 Å². The molecule has 0 aliphatic heterocycles. The van der Waals surface area contributed by atoms with E-state index in [0.717, 1.165) is 0 Å². The number of hydrogen-bond donors (Lipinski definition) is 1. The summed E-state index contributed by atoms with van der Waals surface area (Å²) in [6.45, 7) is 0.739. The molecule has 0 saturated carbocycles. The second-order valence-electron chi connectivity index (χ2n) is 3.13. The van der Waals surface area contributed by atoms with E-state index in [1.54, 1.807) is 0 Å². The van der Waals surface area contributed by atoms with Gasteiger partial charge in [0.2, 0.25) is 0 Å². The molecule has 1 heterocycles. The molecule has 0 aliphatic rings. The molecule has 0 spiro atoms. The summed E-state index contributed by atoms with van der Waals surface area (Å²) in [6, 6.07) is 2.94. The number of amides is 1. The van der Waals surface area contributed by atoms with Crippen LogP contribution < -0.4 is 5.32 Å². The van der Waals surface area contributed by atoms with Gasteiger partial charge >= 0.3 is 0 Å². The number of carbonyl (C=O) groups excluding carboxylic acids is 1. The highest BCUT2D eigenvalue weighted by Crippen LogP contribution is 2.15. The average Bonchev–Trinajstić information content (AvgIpc) is 2.27. The van der Waals surface area contributed by atoms with Gasteiger partial charge in [-0.15, -0.1) is 0 Å². The van der Waals surface area contributed by atoms with Crippen LogP contribution in [-0.2, 0) is 0 Å². The fraction of sp³-hybridized carbons (Fsp3) is 0.400. The van der Waals surface area contributed by atoms with Gasteiger partial charge in [0.15, 0.2) is 0 Å². The molecule has 0 unspecified atom stereocenters. The number of nitrogens with zero attached hydrogens (tertiary/aromatic N) is 1. The number of hydrogen-bond acceptors (Lipinski definition) is 2. The molecule has 1 aromatic heterocycles. The molecule has 0 saturated heterocycles. The van der Waals surface area contributed by atoms with Gasteiger partial charge in [-0.3, -0.25) is 9.78 Å². The summed E-state index contributed by atoms with van der Waals surface area (Å²) in [5, 5.41) is 2.17. The van der Waals surface area contributed by atoms with Crippen molar-refractivity contribution >= 4 is 5.91 Å². The van der Waals surface area contributed by atoms with Crippen LogP contribution in [0.2, 0.25) is 0 Å². The first-order valence-electron chi connectivity index (χ1n) is 4.61. The second-order valence-corrected chi connectivity index (χ2v) is 3.13. The van der Waals surface area contributed by atoms with Gasteiger partial charge in [0.1, 0.15) is 0 Å². The minimum atomic E-state index is -2.84. The minimum Gasteiger partial charge on any atom is -0.346 e. The van der Waals surface area contributed by atoms with Crippen molar-refractivity contribution in [2.75, 3.05) is 6.54 Å². The number of nitrogens with one attached hydrogen (secondary N) is 1. The molecule has 1 amide bonds. The summed E-state index contributed by atoms with van der Waals surface area (Å²) < 4.78 is 25.6. The van der Waals surface area contributed by atoms with Crippen LogP contribution in [-0.4, -0.2) is 23.4 Å². The SMILES string of the molecule is CCC(F)(F)CNC(=O)c1ccncc1. The number of rotatable bonds is 4. The van der Waals surface area contributed by atoms with E-state index in [1.165, 1.54) is 31.5 Å². The van der Waals surface area contributed by atoms with Gasteiger partial charge in [0, 0.05) is 24.4 Å². The molecule has 0 radical (unpaired) electrons. The van der Waals surface area contributed by atoms with E-state index in [-0.39, 0.29) is 6.42 Å². The van der Waals surface area contributed by atoms with Crippen LogP contribution in [0.3, 0.4) is 0 Å². The third-order valence-corrected chi connectivity index (χ3v) is 1.97. The normalized spacial score (nSPS) is 11.1. The van der Waals surface area contributed by atoms with Crippen LogP contribution in [0.1, 0.15) is 23.7 Å². The highest BCUT2D eigenvalue weighted by atomic mass is 19.3. The summed E-state index contributed by atoms with van der Waals surface area (Å²) in [4.78, 5) is 15.1. The molecule has 1 N–H and O–H groups in total. The molecule has 1 rings (SSSR count). The van der Waals surface area contributed by atoms with Crippen molar-refractivity contribution in [1.82, 2.24) is 10.3 Å². The van der Waals surface area contributed by atoms with Crippen LogP contribution in [0.5, 0.6) is 0 Å². The van der Waals surface area contributed by atoms with Crippen LogP contribution in [0, 0.1) is 0 Å². The van der Waals surface area contributed by atoms with Crippen LogP contribution in [0.4, 0.5) is 8.78 Å². The van der Waals surface area contributed by atoms with Crippen LogP contribution in [0.25, 0.3) is 0 Å². The zero-order valence-corrected chi connectivity index (χ0v) is 8.34. The maximum Gasteiger partial charge on any atom is 0.264 e. The number of aromatic nitrogens is 1. The Morgan fingerprint density at radius 2 is 2.07 bits per heavy atom. The Bertz CT molecular complexity index is 327. The zero-order valence-electron chi connectivity index (χ0n) is 8.34. The fourth-order valence-electron chi connectivity index (χ4n) is 0.940. The Hall–Kier alpha value is -1.52. The highest BCUT2D eigenvalue weighted by Gasteiger charge is 2.26. The van der Waals surface area contributed by atoms with Crippen molar-refractivity contribution in [3.63, 3.8) is 0 Å². The summed E-state index contributed by atoms with van der Waals surface area (Å²) in [5.74, 6) is -3.35. The largest absolute Gasteiger partial charge is 0.346 e. The summed E-state index contributed by atoms with van der Waals surface area (Å²) in [6.07, 6.45) is 2.59. The lowest BCUT2D eigenvalue weighted by atomic mass is 10.2. The lowest BCUT2D eigenvalue weighted by Crippen LogP contribution is -2.36. The number of alkyl halides is 2. The standard InChI is InChI=1S/C10H12F2N2O/c1-2-10(11,12)7-14-9(15)8-3-5-13-6-4-8/h3-6H,2,7H2,1H3,(H,14,15). The molecule has 82 valence electrons. The van der Waals surface area contributed by atoms with E-state index in [9.17, 15) is 13.6 Å². The number of halogens is 2. The highest BCUT2D eigenvalue weighted by molar-refractivity contribution is 5.93. The monoisotopic (exact) mass is 214 g/mol. The third-order valence-electron chi connectivity index (χ3n) is 1.97. The molecular formula is C10H12F2N2O. The molecule has 0 bridgehead atoms. The molecule has 0 atom stereocenters. The molecular weight excluding hydrogens is 202 g/mol. The van der Waals surface area contributed by atoms with Crippen molar-refractivity contribution in [2.45, 2.75) is 19.3 Å². The van der Waals surface area contributed by atoms with E-state index >= 15 is 0 Å². The Morgan fingerprint density at radius 3 is 2.60 bits per heavy atom. The van der Waals surface area contributed by atoms with E-state index < -0.39 is 18.4 Å². The first-order chi connectivity index (χ1) is 7.05. The Labute approximate surface area is 86.5 Å². The predicted octanol–water partition coefficient (Wildman–Crippen LogP) is 1.86. The zero-order chi connectivity index (χ0) is 11.3. The van der Waals surface area contributed by atoms with Gasteiger partial charge < -0.3 is 5.32 Å². The molecule has 5 heteroatoms. The Kier molecular flexibility index (Phi) is 3.71. The van der Waals surface area contributed by atoms with E-state index in [1.807, 2.05) is 0 Å². The molecule has 0 fully saturated rings. The van der Waals surface area contributed by atoms with Crippen molar-refractivity contribution in [2.24, 2.45) is 0 Å². The van der Waals surface area contributed by atoms with Crippen molar-refractivity contribution in [3.05, 3.63) is 30.1 Å². The summed E-state index contributed by atoms with van der Waals surface area (Å²) >= 11 is 0. The lowest BCUT2D eigenvalue weighted by Gasteiger charge is -2.14. The first-order valence-corrected chi connectivity index (χ1v) is 4.61. The van der Waals surface area contributed by atoms with E-state index in [4.69, 9.17) is 0 Å². The van der Waals surface area contributed by atoms with Crippen molar-refractivity contribution in [3.8, 4) is 0 Å². The van der Waals surface area contributed by atoms with Crippen molar-refractivity contribution in [1.29, 1.82) is 0 Å². The fourth-order valence-corrected chi connectivity index (χ4v) is 0.940. The topological polar surface area (TPSA) is 42.0 Å². The van der Waals surface area contributed by atoms with Gasteiger partial charge in [-0.05, 0) is 12.1 Å². The number of pyridine rings is 1. The average molecular weight is 214 g/mol. The third kappa shape index (κ3) is 3.61. The number of carbonyl (C=O) groups is 1. The Morgan fingerprint density at radius 1 is 1.47 bits per heavy atom. The molecule has 1 aromatic rings. The molecule has 0 aliphatic carbocycles. The Balaban J connectivity index is 2.51. The summed E-state index contributed by atoms with van der Waals surface area (Å²) in [7, 11) is 0. The predicted molar refractivity (Wildman–Crippen MR) is 51.8 cm³/mol.